The Morgan fingerprint density at radius 2 is 1.63 bits per heavy atom. The van der Waals surface area contributed by atoms with Crippen molar-refractivity contribution in [3.8, 4) is 11.8 Å². The van der Waals surface area contributed by atoms with Gasteiger partial charge in [-0.2, -0.15) is 0 Å². The first-order chi connectivity index (χ1) is 14.5. The highest BCUT2D eigenvalue weighted by Crippen LogP contribution is 2.25. The molecule has 0 spiro atoms. The molecule has 0 aliphatic carbocycles. The Hall–Kier alpha value is -4.17. The SMILES string of the molecule is O=C(O)c1ccc(C(=O)N2Cc3ccc(C#CCc4ccccc4)cc3C2=O)cc1. The minimum absolute atomic E-state index is 0.0845. The van der Waals surface area contributed by atoms with Crippen LogP contribution in [0.5, 0.6) is 0 Å². The van der Waals surface area contributed by atoms with Crippen LogP contribution in [-0.4, -0.2) is 27.8 Å². The molecule has 0 bridgehead atoms. The summed E-state index contributed by atoms with van der Waals surface area (Å²) in [6.45, 7) is 0.186. The summed E-state index contributed by atoms with van der Waals surface area (Å²) in [5.41, 5.74) is 3.43. The number of hydrogen-bond acceptors (Lipinski definition) is 3. The summed E-state index contributed by atoms with van der Waals surface area (Å²) in [6.07, 6.45) is 0.614. The van der Waals surface area contributed by atoms with Crippen molar-refractivity contribution in [2.45, 2.75) is 13.0 Å². The fourth-order valence-electron chi connectivity index (χ4n) is 3.30. The molecule has 0 aromatic heterocycles. The zero-order valence-corrected chi connectivity index (χ0v) is 16.0. The number of nitrogens with zero attached hydrogens (tertiary/aromatic N) is 1. The number of fused-ring (bicyclic) bond motifs is 1. The Kier molecular flexibility index (Phi) is 5.15. The molecule has 1 aliphatic heterocycles. The average Bonchev–Trinajstić information content (AvgIpc) is 3.10. The molecule has 146 valence electrons. The molecule has 5 nitrogen and oxygen atoms in total. The molecule has 3 aromatic rings. The van der Waals surface area contributed by atoms with E-state index in [-0.39, 0.29) is 23.6 Å². The van der Waals surface area contributed by atoms with Gasteiger partial charge in [0.05, 0.1) is 12.1 Å². The predicted octanol–water partition coefficient (Wildman–Crippen LogP) is 3.78. The van der Waals surface area contributed by atoms with E-state index in [1.165, 1.54) is 29.2 Å². The number of imide groups is 1. The number of aromatic carboxylic acids is 1. The van der Waals surface area contributed by atoms with Crippen molar-refractivity contribution >= 4 is 17.8 Å². The maximum atomic E-state index is 12.8. The zero-order chi connectivity index (χ0) is 21.1. The second kappa shape index (κ2) is 8.06. The van der Waals surface area contributed by atoms with E-state index < -0.39 is 11.9 Å². The quantitative estimate of drug-likeness (QED) is 0.541. The lowest BCUT2D eigenvalue weighted by molar-refractivity contribution is 0.0627. The van der Waals surface area contributed by atoms with Crippen LogP contribution in [0.2, 0.25) is 0 Å². The van der Waals surface area contributed by atoms with E-state index in [4.69, 9.17) is 5.11 Å². The second-order valence-corrected chi connectivity index (χ2v) is 6.92. The van der Waals surface area contributed by atoms with Crippen LogP contribution in [0.15, 0.2) is 72.8 Å². The van der Waals surface area contributed by atoms with E-state index in [1.807, 2.05) is 42.5 Å². The summed E-state index contributed by atoms with van der Waals surface area (Å²) in [7, 11) is 0. The van der Waals surface area contributed by atoms with Gasteiger partial charge in [0.15, 0.2) is 0 Å². The van der Waals surface area contributed by atoms with Crippen molar-refractivity contribution in [1.29, 1.82) is 0 Å². The molecule has 5 heteroatoms. The third kappa shape index (κ3) is 3.85. The van der Waals surface area contributed by atoms with Gasteiger partial charge in [-0.05, 0) is 47.5 Å². The third-order valence-corrected chi connectivity index (χ3v) is 4.91. The van der Waals surface area contributed by atoms with E-state index in [0.717, 1.165) is 16.7 Å². The van der Waals surface area contributed by atoms with Crippen LogP contribution >= 0.6 is 0 Å². The minimum Gasteiger partial charge on any atom is -0.478 e. The van der Waals surface area contributed by atoms with Crippen molar-refractivity contribution in [3.63, 3.8) is 0 Å². The molecule has 0 unspecified atom stereocenters. The Bertz CT molecular complexity index is 1200. The smallest absolute Gasteiger partial charge is 0.335 e. The van der Waals surface area contributed by atoms with Gasteiger partial charge in [0, 0.05) is 23.1 Å². The van der Waals surface area contributed by atoms with Crippen LogP contribution in [0.25, 0.3) is 0 Å². The number of amides is 2. The highest BCUT2D eigenvalue weighted by Gasteiger charge is 2.32. The maximum Gasteiger partial charge on any atom is 0.335 e. The molecule has 2 amide bonds. The molecule has 0 saturated carbocycles. The molecule has 1 aliphatic rings. The van der Waals surface area contributed by atoms with Crippen LogP contribution in [0.3, 0.4) is 0 Å². The zero-order valence-electron chi connectivity index (χ0n) is 16.0. The highest BCUT2D eigenvalue weighted by atomic mass is 16.4. The van der Waals surface area contributed by atoms with Crippen molar-refractivity contribution in [2.75, 3.05) is 0 Å². The molecule has 1 N–H and O–H groups in total. The van der Waals surface area contributed by atoms with Crippen LogP contribution in [-0.2, 0) is 13.0 Å². The molecule has 0 fully saturated rings. The number of rotatable bonds is 3. The molecular weight excluding hydrogens is 378 g/mol. The lowest BCUT2D eigenvalue weighted by atomic mass is 10.1. The Morgan fingerprint density at radius 3 is 2.33 bits per heavy atom. The van der Waals surface area contributed by atoms with Crippen LogP contribution in [0.1, 0.15) is 47.8 Å². The summed E-state index contributed by atoms with van der Waals surface area (Å²) in [5.74, 6) is 4.29. The van der Waals surface area contributed by atoms with Gasteiger partial charge in [0.25, 0.3) is 11.8 Å². The van der Waals surface area contributed by atoms with Gasteiger partial charge in [0.1, 0.15) is 0 Å². The molecule has 3 aromatic carbocycles. The molecule has 0 saturated heterocycles. The summed E-state index contributed by atoms with van der Waals surface area (Å²) in [5, 5.41) is 8.98. The summed E-state index contributed by atoms with van der Waals surface area (Å²) < 4.78 is 0. The number of carboxylic acid groups (broad SMARTS) is 1. The average molecular weight is 395 g/mol. The fourth-order valence-corrected chi connectivity index (χ4v) is 3.30. The van der Waals surface area contributed by atoms with Gasteiger partial charge >= 0.3 is 5.97 Å². The van der Waals surface area contributed by atoms with Gasteiger partial charge in [-0.25, -0.2) is 4.79 Å². The minimum atomic E-state index is -1.07. The fraction of sp³-hybridized carbons (Fsp3) is 0.0800. The van der Waals surface area contributed by atoms with E-state index in [2.05, 4.69) is 11.8 Å². The number of carbonyl (C=O) groups excluding carboxylic acids is 2. The van der Waals surface area contributed by atoms with Crippen molar-refractivity contribution in [1.82, 2.24) is 4.90 Å². The van der Waals surface area contributed by atoms with Gasteiger partial charge in [-0.1, -0.05) is 48.2 Å². The molecule has 0 atom stereocenters. The van der Waals surface area contributed by atoms with Gasteiger partial charge in [-0.15, -0.1) is 0 Å². The molecule has 4 rings (SSSR count). The summed E-state index contributed by atoms with van der Waals surface area (Å²) >= 11 is 0. The van der Waals surface area contributed by atoms with E-state index in [0.29, 0.717) is 12.0 Å². The Labute approximate surface area is 173 Å². The highest BCUT2D eigenvalue weighted by molar-refractivity contribution is 6.13. The second-order valence-electron chi connectivity index (χ2n) is 6.92. The Balaban J connectivity index is 1.50. The van der Waals surface area contributed by atoms with Crippen LogP contribution < -0.4 is 0 Å². The maximum absolute atomic E-state index is 12.8. The van der Waals surface area contributed by atoms with Crippen molar-refractivity contribution in [2.24, 2.45) is 0 Å². The summed E-state index contributed by atoms with van der Waals surface area (Å²) in [6, 6.07) is 20.8. The standard InChI is InChI=1S/C25H17NO4/c27-23(19-11-13-20(14-12-19)25(29)30)26-16-21-10-9-18(15-22(21)24(26)28)8-4-7-17-5-2-1-3-6-17/h1-3,5-6,9-15H,7,16H2,(H,29,30). The molecular formula is C25H17NO4. The number of benzene rings is 3. The first-order valence-corrected chi connectivity index (χ1v) is 9.38. The monoisotopic (exact) mass is 395 g/mol. The normalized spacial score (nSPS) is 12.1. The van der Waals surface area contributed by atoms with Crippen molar-refractivity contribution in [3.05, 3.63) is 106 Å². The number of hydrogen-bond donors (Lipinski definition) is 1. The van der Waals surface area contributed by atoms with Gasteiger partial charge < -0.3 is 5.11 Å². The van der Waals surface area contributed by atoms with Gasteiger partial charge in [0.2, 0.25) is 0 Å². The predicted molar refractivity (Wildman–Crippen MR) is 111 cm³/mol. The molecule has 0 radical (unpaired) electrons. The van der Waals surface area contributed by atoms with E-state index in [1.54, 1.807) is 6.07 Å². The van der Waals surface area contributed by atoms with E-state index >= 15 is 0 Å². The molecule has 1 heterocycles. The number of carboxylic acids is 1. The topological polar surface area (TPSA) is 74.7 Å². The first-order valence-electron chi connectivity index (χ1n) is 9.38. The first kappa shape index (κ1) is 19.2. The van der Waals surface area contributed by atoms with E-state index in [9.17, 15) is 14.4 Å². The lowest BCUT2D eigenvalue weighted by Crippen LogP contribution is -2.31. The lowest BCUT2D eigenvalue weighted by Gasteiger charge is -2.13. The Morgan fingerprint density at radius 1 is 0.933 bits per heavy atom. The molecule has 30 heavy (non-hydrogen) atoms. The third-order valence-electron chi connectivity index (χ3n) is 4.91. The summed E-state index contributed by atoms with van der Waals surface area (Å²) in [4.78, 5) is 37.7. The van der Waals surface area contributed by atoms with Crippen LogP contribution in [0.4, 0.5) is 0 Å². The largest absolute Gasteiger partial charge is 0.478 e. The number of carbonyl (C=O) groups is 3. The van der Waals surface area contributed by atoms with Crippen molar-refractivity contribution < 1.29 is 19.5 Å². The van der Waals surface area contributed by atoms with Crippen LogP contribution in [0, 0.1) is 11.8 Å². The van der Waals surface area contributed by atoms with Gasteiger partial charge in [-0.3, -0.25) is 14.5 Å².